The van der Waals surface area contributed by atoms with Gasteiger partial charge in [0, 0.05) is 23.9 Å². The summed E-state index contributed by atoms with van der Waals surface area (Å²) >= 11 is 3.52. The molecule has 1 aliphatic rings. The normalized spacial score (nSPS) is 26.9. The number of aromatic nitrogens is 2. The predicted octanol–water partition coefficient (Wildman–Crippen LogP) is 2.62. The Morgan fingerprint density at radius 1 is 1.44 bits per heavy atom. The molecule has 0 unspecified atom stereocenters. The Morgan fingerprint density at radius 3 is 2.78 bits per heavy atom. The predicted molar refractivity (Wildman–Crippen MR) is 73.4 cm³/mol. The van der Waals surface area contributed by atoms with E-state index in [1.165, 1.54) is 5.56 Å². The van der Waals surface area contributed by atoms with Crippen molar-refractivity contribution in [3.8, 4) is 0 Å². The lowest BCUT2D eigenvalue weighted by Crippen LogP contribution is -2.47. The van der Waals surface area contributed by atoms with Crippen LogP contribution in [0.4, 0.5) is 0 Å². The van der Waals surface area contributed by atoms with E-state index in [0.717, 1.165) is 23.1 Å². The molecule has 0 aliphatic heterocycles. The van der Waals surface area contributed by atoms with Crippen molar-refractivity contribution in [2.45, 2.75) is 24.4 Å². The van der Waals surface area contributed by atoms with Crippen molar-refractivity contribution in [1.29, 1.82) is 0 Å². The topological polar surface area (TPSA) is 38.0 Å². The highest BCUT2D eigenvalue weighted by molar-refractivity contribution is 9.10. The number of halogens is 1. The first-order chi connectivity index (χ1) is 8.62. The highest BCUT2D eigenvalue weighted by atomic mass is 79.9. The first-order valence-electron chi connectivity index (χ1n) is 6.04. The van der Waals surface area contributed by atoms with Gasteiger partial charge in [-0.15, -0.1) is 0 Å². The Hall–Kier alpha value is -1.13. The molecule has 0 spiro atoms. The molecule has 1 aromatic heterocycles. The van der Waals surface area contributed by atoms with Crippen molar-refractivity contribution in [3.63, 3.8) is 0 Å². The fourth-order valence-electron chi connectivity index (χ4n) is 2.90. The molecule has 2 aromatic rings. The van der Waals surface area contributed by atoms with Crippen molar-refractivity contribution >= 4 is 15.9 Å². The van der Waals surface area contributed by atoms with E-state index in [2.05, 4.69) is 33.0 Å². The van der Waals surface area contributed by atoms with Crippen LogP contribution in [0.5, 0.6) is 0 Å². The molecular formula is C14H15BrN2O. The molecule has 1 N–H and O–H groups in total. The minimum atomic E-state index is -0.222. The Labute approximate surface area is 115 Å². The molecule has 1 aromatic carbocycles. The van der Waals surface area contributed by atoms with Crippen molar-refractivity contribution < 1.29 is 5.11 Å². The van der Waals surface area contributed by atoms with E-state index in [4.69, 9.17) is 0 Å². The number of nitrogens with zero attached hydrogens (tertiary/aromatic N) is 2. The molecule has 1 heterocycles. The summed E-state index contributed by atoms with van der Waals surface area (Å²) in [6.07, 6.45) is 5.04. The minimum Gasteiger partial charge on any atom is -0.393 e. The van der Waals surface area contributed by atoms with Gasteiger partial charge in [-0.05, 0) is 30.5 Å². The first kappa shape index (κ1) is 11.9. The third-order valence-corrected chi connectivity index (χ3v) is 4.29. The second-order valence-electron chi connectivity index (χ2n) is 5.02. The van der Waals surface area contributed by atoms with Crippen LogP contribution >= 0.6 is 15.9 Å². The number of aryl methyl sites for hydroxylation is 1. The summed E-state index contributed by atoms with van der Waals surface area (Å²) in [5.74, 6) is 1.03. The van der Waals surface area contributed by atoms with E-state index in [1.54, 1.807) is 0 Å². The molecule has 0 saturated heterocycles. The van der Waals surface area contributed by atoms with E-state index in [1.807, 2.05) is 36.1 Å². The maximum Gasteiger partial charge on any atom is 0.119 e. The molecule has 18 heavy (non-hydrogen) atoms. The van der Waals surface area contributed by atoms with Crippen molar-refractivity contribution in [3.05, 3.63) is 52.5 Å². The number of hydrogen-bond acceptors (Lipinski definition) is 2. The lowest BCUT2D eigenvalue weighted by Gasteiger charge is -2.45. The molecule has 3 nitrogen and oxygen atoms in total. The minimum absolute atomic E-state index is 0.137. The molecule has 0 amide bonds. The van der Waals surface area contributed by atoms with Crippen LogP contribution in [0.15, 0.2) is 41.1 Å². The number of aliphatic hydroxyl groups excluding tert-OH is 1. The average Bonchev–Trinajstić information content (AvgIpc) is 2.71. The van der Waals surface area contributed by atoms with Crippen molar-refractivity contribution in [2.24, 2.45) is 7.05 Å². The van der Waals surface area contributed by atoms with Gasteiger partial charge in [0.05, 0.1) is 11.5 Å². The van der Waals surface area contributed by atoms with Gasteiger partial charge in [-0.25, -0.2) is 4.98 Å². The molecule has 94 valence electrons. The summed E-state index contributed by atoms with van der Waals surface area (Å²) in [7, 11) is 2.01. The van der Waals surface area contributed by atoms with E-state index in [-0.39, 0.29) is 11.5 Å². The number of rotatable bonds is 2. The number of aliphatic hydroxyl groups is 1. The van der Waals surface area contributed by atoms with Crippen LogP contribution in [0.3, 0.4) is 0 Å². The maximum atomic E-state index is 9.76. The smallest absolute Gasteiger partial charge is 0.119 e. The molecule has 1 aliphatic carbocycles. The molecule has 0 atom stereocenters. The number of hydrogen-bond donors (Lipinski definition) is 1. The summed E-state index contributed by atoms with van der Waals surface area (Å²) < 4.78 is 3.11. The van der Waals surface area contributed by atoms with Crippen LogP contribution in [-0.4, -0.2) is 20.8 Å². The van der Waals surface area contributed by atoms with Gasteiger partial charge < -0.3 is 9.67 Å². The molecule has 3 rings (SSSR count). The van der Waals surface area contributed by atoms with E-state index in [9.17, 15) is 5.11 Å². The molecule has 0 bridgehead atoms. The standard InChI is InChI=1S/C14H15BrN2O/c1-17-6-5-16-13(17)14(8-12(18)9-14)10-3-2-4-11(15)7-10/h2-7,12,18H,8-9H2,1H3. The van der Waals surface area contributed by atoms with Crippen LogP contribution in [0.25, 0.3) is 0 Å². The second kappa shape index (κ2) is 4.21. The van der Waals surface area contributed by atoms with Gasteiger partial charge in [0.2, 0.25) is 0 Å². The van der Waals surface area contributed by atoms with E-state index in [0.29, 0.717) is 0 Å². The molecule has 1 saturated carbocycles. The summed E-state index contributed by atoms with van der Waals surface area (Å²) in [5, 5.41) is 9.76. The van der Waals surface area contributed by atoms with Gasteiger partial charge in [-0.1, -0.05) is 28.1 Å². The summed E-state index contributed by atoms with van der Waals surface area (Å²) in [4.78, 5) is 4.49. The fourth-order valence-corrected chi connectivity index (χ4v) is 3.30. The Morgan fingerprint density at radius 2 is 2.22 bits per heavy atom. The van der Waals surface area contributed by atoms with Gasteiger partial charge in [0.1, 0.15) is 5.82 Å². The largest absolute Gasteiger partial charge is 0.393 e. The van der Waals surface area contributed by atoms with Crippen molar-refractivity contribution in [2.75, 3.05) is 0 Å². The van der Waals surface area contributed by atoms with Gasteiger partial charge in [-0.3, -0.25) is 0 Å². The molecular weight excluding hydrogens is 292 g/mol. The third kappa shape index (κ3) is 1.71. The van der Waals surface area contributed by atoms with Crippen LogP contribution in [0.2, 0.25) is 0 Å². The fraction of sp³-hybridized carbons (Fsp3) is 0.357. The molecule has 0 radical (unpaired) electrons. The number of imidazole rings is 1. The van der Waals surface area contributed by atoms with Crippen LogP contribution in [-0.2, 0) is 12.5 Å². The Kier molecular flexibility index (Phi) is 2.79. The highest BCUT2D eigenvalue weighted by Gasteiger charge is 2.48. The quantitative estimate of drug-likeness (QED) is 0.926. The van der Waals surface area contributed by atoms with Gasteiger partial charge in [0.25, 0.3) is 0 Å². The van der Waals surface area contributed by atoms with Gasteiger partial charge in [0.15, 0.2) is 0 Å². The first-order valence-corrected chi connectivity index (χ1v) is 6.83. The Bertz CT molecular complexity index is 573. The lowest BCUT2D eigenvalue weighted by atomic mass is 9.62. The molecule has 4 heteroatoms. The average molecular weight is 307 g/mol. The summed E-state index contributed by atoms with van der Waals surface area (Å²) in [6.45, 7) is 0. The Balaban J connectivity index is 2.11. The SMILES string of the molecule is Cn1ccnc1C1(c2cccc(Br)c2)CC(O)C1. The zero-order valence-electron chi connectivity index (χ0n) is 10.2. The lowest BCUT2D eigenvalue weighted by molar-refractivity contribution is 0.0324. The number of benzene rings is 1. The second-order valence-corrected chi connectivity index (χ2v) is 5.93. The van der Waals surface area contributed by atoms with Gasteiger partial charge in [-0.2, -0.15) is 0 Å². The summed E-state index contributed by atoms with van der Waals surface area (Å²) in [6, 6.07) is 8.30. The summed E-state index contributed by atoms with van der Waals surface area (Å²) in [5.41, 5.74) is 1.08. The van der Waals surface area contributed by atoms with Crippen LogP contribution in [0, 0.1) is 0 Å². The maximum absolute atomic E-state index is 9.76. The van der Waals surface area contributed by atoms with Crippen molar-refractivity contribution in [1.82, 2.24) is 9.55 Å². The zero-order chi connectivity index (χ0) is 12.8. The van der Waals surface area contributed by atoms with E-state index >= 15 is 0 Å². The molecule has 1 fully saturated rings. The monoisotopic (exact) mass is 306 g/mol. The van der Waals surface area contributed by atoms with E-state index < -0.39 is 0 Å². The highest BCUT2D eigenvalue weighted by Crippen LogP contribution is 2.48. The third-order valence-electron chi connectivity index (χ3n) is 3.79. The van der Waals surface area contributed by atoms with Crippen LogP contribution in [0.1, 0.15) is 24.2 Å². The van der Waals surface area contributed by atoms with Gasteiger partial charge >= 0.3 is 0 Å². The zero-order valence-corrected chi connectivity index (χ0v) is 11.8. The van der Waals surface area contributed by atoms with Crippen LogP contribution < -0.4 is 0 Å².